The van der Waals surface area contributed by atoms with Crippen LogP contribution in [0.4, 0.5) is 0 Å². The van der Waals surface area contributed by atoms with Gasteiger partial charge in [0, 0.05) is 12.5 Å². The molecule has 1 atom stereocenters. The molecule has 1 aliphatic carbocycles. The van der Waals surface area contributed by atoms with E-state index in [-0.39, 0.29) is 0 Å². The van der Waals surface area contributed by atoms with Gasteiger partial charge in [0.2, 0.25) is 0 Å². The third kappa shape index (κ3) is 2.81. The summed E-state index contributed by atoms with van der Waals surface area (Å²) >= 11 is 0. The highest BCUT2D eigenvalue weighted by atomic mass is 16.5. The first kappa shape index (κ1) is 12.3. The molecule has 0 bridgehead atoms. The number of rotatable bonds is 4. The Balaban J connectivity index is 1.85. The van der Waals surface area contributed by atoms with Crippen molar-refractivity contribution in [1.82, 2.24) is 5.32 Å². The minimum atomic E-state index is -0.860. The van der Waals surface area contributed by atoms with Crippen molar-refractivity contribution in [1.29, 1.82) is 0 Å². The molecule has 1 heterocycles. The van der Waals surface area contributed by atoms with E-state index >= 15 is 0 Å². The second kappa shape index (κ2) is 5.09. The molecule has 1 aliphatic heterocycles. The van der Waals surface area contributed by atoms with Crippen LogP contribution >= 0.6 is 0 Å². The molecule has 1 aromatic carbocycles. The maximum absolute atomic E-state index is 11.4. The van der Waals surface area contributed by atoms with Gasteiger partial charge in [-0.3, -0.25) is 10.1 Å². The zero-order valence-corrected chi connectivity index (χ0v) is 10.6. The summed E-state index contributed by atoms with van der Waals surface area (Å²) in [4.78, 5) is 11.4. The molecule has 2 aliphatic rings. The van der Waals surface area contributed by atoms with Crippen LogP contribution in [0.15, 0.2) is 18.2 Å². The summed E-state index contributed by atoms with van der Waals surface area (Å²) in [7, 11) is 0. The lowest BCUT2D eigenvalue weighted by atomic mass is 10.1. The maximum atomic E-state index is 11.4. The maximum Gasteiger partial charge on any atom is 0.325 e. The fourth-order valence-electron chi connectivity index (χ4n) is 2.16. The standard InChI is InChI=1S/C14H17NO4/c16-14(17)13(15-10-3-4-10)9-2-5-11-12(8-9)19-7-1-6-18-11/h2,5,8,10,13,15H,1,3-4,6-7H2,(H,16,17). The fraction of sp³-hybridized carbons (Fsp3) is 0.500. The lowest BCUT2D eigenvalue weighted by molar-refractivity contribution is -0.139. The Hall–Kier alpha value is -1.75. The Morgan fingerprint density at radius 3 is 2.68 bits per heavy atom. The number of benzene rings is 1. The number of ether oxygens (including phenoxy) is 2. The number of nitrogens with one attached hydrogen (secondary N) is 1. The quantitative estimate of drug-likeness (QED) is 0.865. The van der Waals surface area contributed by atoms with Gasteiger partial charge in [0.15, 0.2) is 11.5 Å². The van der Waals surface area contributed by atoms with Crippen molar-refractivity contribution in [2.24, 2.45) is 0 Å². The first-order valence-electron chi connectivity index (χ1n) is 6.62. The van der Waals surface area contributed by atoms with Gasteiger partial charge in [0.1, 0.15) is 6.04 Å². The molecule has 102 valence electrons. The summed E-state index contributed by atoms with van der Waals surface area (Å²) in [5.41, 5.74) is 0.712. The molecule has 1 aromatic rings. The zero-order chi connectivity index (χ0) is 13.2. The van der Waals surface area contributed by atoms with Crippen molar-refractivity contribution in [3.63, 3.8) is 0 Å². The van der Waals surface area contributed by atoms with Crippen LogP contribution in [-0.2, 0) is 4.79 Å². The molecule has 0 saturated heterocycles. The number of hydrogen-bond donors (Lipinski definition) is 2. The second-order valence-corrected chi connectivity index (χ2v) is 4.97. The van der Waals surface area contributed by atoms with Gasteiger partial charge in [0.05, 0.1) is 13.2 Å². The van der Waals surface area contributed by atoms with E-state index in [2.05, 4.69) is 5.32 Å². The smallest absolute Gasteiger partial charge is 0.325 e. The summed E-state index contributed by atoms with van der Waals surface area (Å²) in [6, 6.07) is 5.01. The van der Waals surface area contributed by atoms with E-state index in [9.17, 15) is 9.90 Å². The average molecular weight is 263 g/mol. The molecule has 0 amide bonds. The van der Waals surface area contributed by atoms with E-state index in [1.807, 2.05) is 0 Å². The molecule has 0 radical (unpaired) electrons. The topological polar surface area (TPSA) is 67.8 Å². The summed E-state index contributed by atoms with van der Waals surface area (Å²) in [5, 5.41) is 12.5. The molecule has 0 aromatic heterocycles. The number of fused-ring (bicyclic) bond motifs is 1. The Morgan fingerprint density at radius 1 is 1.26 bits per heavy atom. The lowest BCUT2D eigenvalue weighted by Gasteiger charge is -2.16. The van der Waals surface area contributed by atoms with Crippen LogP contribution in [-0.4, -0.2) is 30.3 Å². The van der Waals surface area contributed by atoms with Crippen molar-refractivity contribution >= 4 is 5.97 Å². The molecule has 1 unspecified atom stereocenters. The van der Waals surface area contributed by atoms with Gasteiger partial charge < -0.3 is 14.6 Å². The van der Waals surface area contributed by atoms with E-state index in [0.29, 0.717) is 36.3 Å². The van der Waals surface area contributed by atoms with Gasteiger partial charge in [-0.15, -0.1) is 0 Å². The fourth-order valence-corrected chi connectivity index (χ4v) is 2.16. The molecule has 2 N–H and O–H groups in total. The SMILES string of the molecule is O=C(O)C(NC1CC1)c1ccc2c(c1)OCCCO2. The monoisotopic (exact) mass is 263 g/mol. The van der Waals surface area contributed by atoms with Crippen LogP contribution in [0.1, 0.15) is 30.9 Å². The van der Waals surface area contributed by atoms with Crippen molar-refractivity contribution in [3.05, 3.63) is 23.8 Å². The largest absolute Gasteiger partial charge is 0.490 e. The predicted octanol–water partition coefficient (Wildman–Crippen LogP) is 1.73. The van der Waals surface area contributed by atoms with Crippen molar-refractivity contribution in [2.45, 2.75) is 31.3 Å². The Bertz CT molecular complexity index is 484. The number of hydrogen-bond acceptors (Lipinski definition) is 4. The Kier molecular flexibility index (Phi) is 3.29. The van der Waals surface area contributed by atoms with Gasteiger partial charge in [-0.25, -0.2) is 0 Å². The van der Waals surface area contributed by atoms with E-state index in [1.54, 1.807) is 18.2 Å². The minimum absolute atomic E-state index is 0.331. The molecule has 5 heteroatoms. The Morgan fingerprint density at radius 2 is 2.00 bits per heavy atom. The molecule has 1 fully saturated rings. The summed E-state index contributed by atoms with van der Waals surface area (Å²) in [6.07, 6.45) is 2.94. The molecule has 1 saturated carbocycles. The number of aliphatic carboxylic acids is 1. The Labute approximate surface area is 111 Å². The van der Waals surface area contributed by atoms with Crippen LogP contribution in [0.2, 0.25) is 0 Å². The lowest BCUT2D eigenvalue weighted by Crippen LogP contribution is -2.30. The van der Waals surface area contributed by atoms with Crippen LogP contribution in [0.3, 0.4) is 0 Å². The van der Waals surface area contributed by atoms with Gasteiger partial charge in [-0.2, -0.15) is 0 Å². The van der Waals surface area contributed by atoms with E-state index in [0.717, 1.165) is 19.3 Å². The van der Waals surface area contributed by atoms with Crippen LogP contribution < -0.4 is 14.8 Å². The predicted molar refractivity (Wildman–Crippen MR) is 68.6 cm³/mol. The van der Waals surface area contributed by atoms with Crippen LogP contribution in [0, 0.1) is 0 Å². The molecular formula is C14H17NO4. The first-order valence-corrected chi connectivity index (χ1v) is 6.62. The van der Waals surface area contributed by atoms with E-state index in [4.69, 9.17) is 9.47 Å². The minimum Gasteiger partial charge on any atom is -0.490 e. The molecule has 0 spiro atoms. The molecule has 3 rings (SSSR count). The van der Waals surface area contributed by atoms with Gasteiger partial charge in [0.25, 0.3) is 0 Å². The highest BCUT2D eigenvalue weighted by molar-refractivity contribution is 5.76. The number of carboxylic acid groups (broad SMARTS) is 1. The van der Waals surface area contributed by atoms with Gasteiger partial charge >= 0.3 is 5.97 Å². The highest BCUT2D eigenvalue weighted by Gasteiger charge is 2.30. The van der Waals surface area contributed by atoms with Crippen molar-refractivity contribution in [3.8, 4) is 11.5 Å². The highest BCUT2D eigenvalue weighted by Crippen LogP contribution is 2.33. The van der Waals surface area contributed by atoms with Crippen LogP contribution in [0.5, 0.6) is 11.5 Å². The number of carbonyl (C=O) groups is 1. The summed E-state index contributed by atoms with van der Waals surface area (Å²) in [5.74, 6) is 0.469. The summed E-state index contributed by atoms with van der Waals surface area (Å²) in [6.45, 7) is 1.24. The molecule has 19 heavy (non-hydrogen) atoms. The van der Waals surface area contributed by atoms with Crippen LogP contribution in [0.25, 0.3) is 0 Å². The third-order valence-corrected chi connectivity index (χ3v) is 3.33. The van der Waals surface area contributed by atoms with E-state index < -0.39 is 12.0 Å². The molecular weight excluding hydrogens is 246 g/mol. The summed E-state index contributed by atoms with van der Waals surface area (Å²) < 4.78 is 11.1. The normalized spacial score (nSPS) is 19.6. The van der Waals surface area contributed by atoms with Gasteiger partial charge in [-0.1, -0.05) is 6.07 Å². The zero-order valence-electron chi connectivity index (χ0n) is 10.6. The number of carboxylic acids is 1. The van der Waals surface area contributed by atoms with Crippen molar-refractivity contribution in [2.75, 3.05) is 13.2 Å². The third-order valence-electron chi connectivity index (χ3n) is 3.33. The molecule has 5 nitrogen and oxygen atoms in total. The first-order chi connectivity index (χ1) is 9.24. The van der Waals surface area contributed by atoms with Crippen molar-refractivity contribution < 1.29 is 19.4 Å². The van der Waals surface area contributed by atoms with E-state index in [1.165, 1.54) is 0 Å². The second-order valence-electron chi connectivity index (χ2n) is 4.97. The van der Waals surface area contributed by atoms with Gasteiger partial charge in [-0.05, 0) is 30.5 Å². The average Bonchev–Trinajstić information content (AvgIpc) is 3.21.